The van der Waals surface area contributed by atoms with Gasteiger partial charge in [0.1, 0.15) is 6.04 Å². The van der Waals surface area contributed by atoms with Crippen LogP contribution in [0.15, 0.2) is 24.3 Å². The van der Waals surface area contributed by atoms with Crippen molar-refractivity contribution < 1.29 is 24.6 Å². The Bertz CT molecular complexity index is 513. The quantitative estimate of drug-likeness (QED) is 0.598. The molecular weight excluding hydrogens is 276 g/mol. The third-order valence-corrected chi connectivity index (χ3v) is 2.87. The van der Waals surface area contributed by atoms with E-state index in [0.29, 0.717) is 0 Å². The summed E-state index contributed by atoms with van der Waals surface area (Å²) in [7, 11) is 0. The van der Waals surface area contributed by atoms with E-state index in [2.05, 4.69) is 10.6 Å². The van der Waals surface area contributed by atoms with Gasteiger partial charge in [-0.2, -0.15) is 0 Å². The molecule has 1 aromatic carbocycles. The predicted octanol–water partition coefficient (Wildman–Crippen LogP) is 0.976. The number of carbonyl (C=O) groups excluding carboxylic acids is 1. The Morgan fingerprint density at radius 3 is 2.14 bits per heavy atom. The van der Waals surface area contributed by atoms with E-state index < -0.39 is 30.4 Å². The van der Waals surface area contributed by atoms with Gasteiger partial charge in [0.2, 0.25) is 0 Å². The number of benzene rings is 1. The Balaban J connectivity index is 2.48. The highest BCUT2D eigenvalue weighted by molar-refractivity contribution is 5.86. The number of urea groups is 1. The van der Waals surface area contributed by atoms with E-state index in [0.717, 1.165) is 12.0 Å². The number of nitrogens with one attached hydrogen (secondary N) is 2. The second kappa shape index (κ2) is 7.88. The van der Waals surface area contributed by atoms with Crippen molar-refractivity contribution in [3.05, 3.63) is 35.4 Å². The minimum absolute atomic E-state index is 0.231. The molecule has 4 N–H and O–H groups in total. The Hall–Kier alpha value is -2.57. The van der Waals surface area contributed by atoms with Crippen molar-refractivity contribution in [1.82, 2.24) is 10.6 Å². The highest BCUT2D eigenvalue weighted by atomic mass is 16.4. The molecule has 1 aromatic rings. The van der Waals surface area contributed by atoms with Crippen LogP contribution < -0.4 is 10.6 Å². The summed E-state index contributed by atoms with van der Waals surface area (Å²) in [5.74, 6) is -2.68. The topological polar surface area (TPSA) is 116 Å². The summed E-state index contributed by atoms with van der Waals surface area (Å²) in [4.78, 5) is 32.9. The first-order valence-electron chi connectivity index (χ1n) is 6.49. The molecule has 114 valence electrons. The number of carbonyl (C=O) groups is 3. The SMILES string of the molecule is CCc1ccc(CNC(=O)N[C@@H](CC(=O)O)C(=O)O)cc1. The number of hydrogen-bond donors (Lipinski definition) is 4. The summed E-state index contributed by atoms with van der Waals surface area (Å²) in [5, 5.41) is 22.0. The van der Waals surface area contributed by atoms with Crippen molar-refractivity contribution in [2.75, 3.05) is 0 Å². The van der Waals surface area contributed by atoms with E-state index in [4.69, 9.17) is 10.2 Å². The van der Waals surface area contributed by atoms with Crippen molar-refractivity contribution in [2.24, 2.45) is 0 Å². The van der Waals surface area contributed by atoms with Crippen molar-refractivity contribution in [3.8, 4) is 0 Å². The summed E-state index contributed by atoms with van der Waals surface area (Å²) in [6.45, 7) is 2.27. The molecule has 0 heterocycles. The van der Waals surface area contributed by atoms with Crippen molar-refractivity contribution in [2.45, 2.75) is 32.4 Å². The first-order valence-corrected chi connectivity index (χ1v) is 6.49. The van der Waals surface area contributed by atoms with Gasteiger partial charge in [-0.15, -0.1) is 0 Å². The number of carboxylic acid groups (broad SMARTS) is 2. The monoisotopic (exact) mass is 294 g/mol. The zero-order valence-corrected chi connectivity index (χ0v) is 11.6. The maximum absolute atomic E-state index is 11.6. The smallest absolute Gasteiger partial charge is 0.326 e. The Morgan fingerprint density at radius 2 is 1.67 bits per heavy atom. The second-order valence-corrected chi connectivity index (χ2v) is 4.49. The molecule has 7 heteroatoms. The van der Waals surface area contributed by atoms with E-state index in [1.807, 2.05) is 31.2 Å². The number of hydrogen-bond acceptors (Lipinski definition) is 3. The van der Waals surface area contributed by atoms with Crippen LogP contribution in [-0.4, -0.2) is 34.2 Å². The number of aryl methyl sites for hydroxylation is 1. The third kappa shape index (κ3) is 5.94. The molecule has 7 nitrogen and oxygen atoms in total. The lowest BCUT2D eigenvalue weighted by Crippen LogP contribution is -2.46. The van der Waals surface area contributed by atoms with Crippen LogP contribution in [0.25, 0.3) is 0 Å². The summed E-state index contributed by atoms with van der Waals surface area (Å²) in [5.41, 5.74) is 2.04. The highest BCUT2D eigenvalue weighted by Gasteiger charge is 2.22. The average Bonchev–Trinajstić information content (AvgIpc) is 2.44. The molecule has 0 aromatic heterocycles. The van der Waals surface area contributed by atoms with E-state index in [1.165, 1.54) is 5.56 Å². The molecule has 0 saturated carbocycles. The predicted molar refractivity (Wildman–Crippen MR) is 74.9 cm³/mol. The van der Waals surface area contributed by atoms with Gasteiger partial charge in [0.15, 0.2) is 0 Å². The van der Waals surface area contributed by atoms with Crippen LogP contribution in [0, 0.1) is 0 Å². The van der Waals surface area contributed by atoms with Crippen LogP contribution in [0.5, 0.6) is 0 Å². The highest BCUT2D eigenvalue weighted by Crippen LogP contribution is 2.04. The van der Waals surface area contributed by atoms with Crippen LogP contribution >= 0.6 is 0 Å². The molecule has 1 atom stereocenters. The van der Waals surface area contributed by atoms with Gasteiger partial charge in [-0.3, -0.25) is 4.79 Å². The van der Waals surface area contributed by atoms with Crippen molar-refractivity contribution in [1.29, 1.82) is 0 Å². The molecule has 0 radical (unpaired) electrons. The molecule has 0 fully saturated rings. The fourth-order valence-electron chi connectivity index (χ4n) is 1.66. The molecule has 1 rings (SSSR count). The Kier molecular flexibility index (Phi) is 6.19. The zero-order chi connectivity index (χ0) is 15.8. The Morgan fingerprint density at radius 1 is 1.10 bits per heavy atom. The van der Waals surface area contributed by atoms with E-state index in [-0.39, 0.29) is 6.54 Å². The van der Waals surface area contributed by atoms with Crippen molar-refractivity contribution >= 4 is 18.0 Å². The van der Waals surface area contributed by atoms with Gasteiger partial charge in [-0.05, 0) is 17.5 Å². The second-order valence-electron chi connectivity index (χ2n) is 4.49. The lowest BCUT2D eigenvalue weighted by atomic mass is 10.1. The van der Waals surface area contributed by atoms with Gasteiger partial charge in [0.25, 0.3) is 0 Å². The number of rotatable bonds is 7. The van der Waals surface area contributed by atoms with E-state index >= 15 is 0 Å². The number of amides is 2. The lowest BCUT2D eigenvalue weighted by molar-refractivity contribution is -0.145. The van der Waals surface area contributed by atoms with Crippen LogP contribution in [-0.2, 0) is 22.6 Å². The molecule has 21 heavy (non-hydrogen) atoms. The fourth-order valence-corrected chi connectivity index (χ4v) is 1.66. The largest absolute Gasteiger partial charge is 0.481 e. The summed E-state index contributed by atoms with van der Waals surface area (Å²) >= 11 is 0. The molecule has 0 aliphatic rings. The fraction of sp³-hybridized carbons (Fsp3) is 0.357. The molecule has 0 saturated heterocycles. The maximum atomic E-state index is 11.6. The van der Waals surface area contributed by atoms with Gasteiger partial charge in [0, 0.05) is 6.54 Å². The van der Waals surface area contributed by atoms with E-state index in [1.54, 1.807) is 0 Å². The Labute approximate surface area is 122 Å². The van der Waals surface area contributed by atoms with Crippen LogP contribution in [0.3, 0.4) is 0 Å². The molecule has 0 bridgehead atoms. The van der Waals surface area contributed by atoms with Crippen LogP contribution in [0.4, 0.5) is 4.79 Å². The van der Waals surface area contributed by atoms with Gasteiger partial charge in [0.05, 0.1) is 6.42 Å². The molecule has 0 unspecified atom stereocenters. The molecule has 0 aliphatic heterocycles. The van der Waals surface area contributed by atoms with Crippen molar-refractivity contribution in [3.63, 3.8) is 0 Å². The third-order valence-electron chi connectivity index (χ3n) is 2.87. The van der Waals surface area contributed by atoms with Gasteiger partial charge in [-0.1, -0.05) is 31.2 Å². The summed E-state index contributed by atoms with van der Waals surface area (Å²) < 4.78 is 0. The lowest BCUT2D eigenvalue weighted by Gasteiger charge is -2.13. The maximum Gasteiger partial charge on any atom is 0.326 e. The van der Waals surface area contributed by atoms with E-state index in [9.17, 15) is 14.4 Å². The average molecular weight is 294 g/mol. The van der Waals surface area contributed by atoms with Crippen LogP contribution in [0.2, 0.25) is 0 Å². The normalized spacial score (nSPS) is 11.5. The number of carboxylic acids is 2. The first kappa shape index (κ1) is 16.5. The molecule has 2 amide bonds. The summed E-state index contributed by atoms with van der Waals surface area (Å²) in [6.07, 6.45) is 0.248. The van der Waals surface area contributed by atoms with Gasteiger partial charge in [-0.25, -0.2) is 9.59 Å². The molecule has 0 aliphatic carbocycles. The minimum Gasteiger partial charge on any atom is -0.481 e. The van der Waals surface area contributed by atoms with Gasteiger partial charge < -0.3 is 20.8 Å². The minimum atomic E-state index is -1.45. The molecular formula is C14H18N2O5. The standard InChI is InChI=1S/C14H18N2O5/c1-2-9-3-5-10(6-4-9)8-15-14(21)16-11(13(19)20)7-12(17)18/h3-6,11H,2,7-8H2,1H3,(H,17,18)(H,19,20)(H2,15,16,21)/t11-/m0/s1. The number of aliphatic carboxylic acids is 2. The summed E-state index contributed by atoms with van der Waals surface area (Å²) in [6, 6.07) is 5.45. The molecule has 0 spiro atoms. The van der Waals surface area contributed by atoms with Crippen LogP contribution in [0.1, 0.15) is 24.5 Å². The van der Waals surface area contributed by atoms with Gasteiger partial charge >= 0.3 is 18.0 Å². The first-order chi connectivity index (χ1) is 9.92. The zero-order valence-electron chi connectivity index (χ0n) is 11.6.